The van der Waals surface area contributed by atoms with E-state index in [4.69, 9.17) is 22.1 Å². The predicted octanol–water partition coefficient (Wildman–Crippen LogP) is 2.16. The Hall–Kier alpha value is -2.21. The van der Waals surface area contributed by atoms with Gasteiger partial charge >= 0.3 is 0 Å². The molecule has 3 N–H and O–H groups in total. The molecule has 0 radical (unpaired) electrons. The molecule has 1 aromatic carbocycles. The third-order valence-corrected chi connectivity index (χ3v) is 2.86. The molecule has 1 heterocycles. The van der Waals surface area contributed by atoms with Crippen LogP contribution in [0.4, 0.5) is 11.4 Å². The van der Waals surface area contributed by atoms with Gasteiger partial charge in [-0.05, 0) is 18.2 Å². The molecule has 0 saturated heterocycles. The van der Waals surface area contributed by atoms with Gasteiger partial charge in [-0.15, -0.1) is 0 Å². The summed E-state index contributed by atoms with van der Waals surface area (Å²) in [5.41, 5.74) is 6.80. The summed E-state index contributed by atoms with van der Waals surface area (Å²) in [4.78, 5) is 11.9. The number of ether oxygens (including phenoxy) is 1. The number of carbonyl (C=O) groups excluding carboxylic acids is 1. The minimum absolute atomic E-state index is 0.152. The molecule has 0 aliphatic carbocycles. The average molecular weight is 295 g/mol. The SMILES string of the molecule is COc1ccc(N)cc1NC(=O)CCn1cc(Cl)cn1. The molecule has 1 amide bonds. The number of nitrogens with zero attached hydrogens (tertiary/aromatic N) is 2. The van der Waals surface area contributed by atoms with Crippen LogP contribution in [0.1, 0.15) is 6.42 Å². The van der Waals surface area contributed by atoms with Crippen LogP contribution in [-0.4, -0.2) is 22.8 Å². The number of aryl methyl sites for hydroxylation is 1. The van der Waals surface area contributed by atoms with Crippen molar-refractivity contribution in [2.24, 2.45) is 0 Å². The van der Waals surface area contributed by atoms with Gasteiger partial charge in [0.2, 0.25) is 5.91 Å². The van der Waals surface area contributed by atoms with Crippen molar-refractivity contribution < 1.29 is 9.53 Å². The van der Waals surface area contributed by atoms with E-state index in [2.05, 4.69) is 10.4 Å². The standard InChI is InChI=1S/C13H15ClN4O2/c1-20-12-3-2-10(15)6-11(12)17-13(19)4-5-18-8-9(14)7-16-18/h2-3,6-8H,4-5,15H2,1H3,(H,17,19). The second-order valence-corrected chi connectivity index (χ2v) is 4.62. The molecule has 20 heavy (non-hydrogen) atoms. The zero-order chi connectivity index (χ0) is 14.5. The van der Waals surface area contributed by atoms with Crippen molar-refractivity contribution in [1.82, 2.24) is 9.78 Å². The highest BCUT2D eigenvalue weighted by molar-refractivity contribution is 6.30. The second-order valence-electron chi connectivity index (χ2n) is 4.18. The Bertz CT molecular complexity index is 612. The van der Waals surface area contributed by atoms with E-state index in [0.717, 1.165) is 0 Å². The lowest BCUT2D eigenvalue weighted by atomic mass is 10.2. The molecule has 0 aliphatic heterocycles. The number of benzene rings is 1. The van der Waals surface area contributed by atoms with Gasteiger partial charge in [-0.2, -0.15) is 5.10 Å². The third kappa shape index (κ3) is 3.64. The summed E-state index contributed by atoms with van der Waals surface area (Å²) in [7, 11) is 1.53. The Labute approximate surface area is 121 Å². The second kappa shape index (κ2) is 6.29. The number of aromatic nitrogens is 2. The van der Waals surface area contributed by atoms with Gasteiger partial charge in [-0.1, -0.05) is 11.6 Å². The van der Waals surface area contributed by atoms with Crippen LogP contribution in [0, 0.1) is 0 Å². The number of nitrogens with one attached hydrogen (secondary N) is 1. The van der Waals surface area contributed by atoms with Gasteiger partial charge in [0, 0.05) is 24.8 Å². The van der Waals surface area contributed by atoms with E-state index in [-0.39, 0.29) is 12.3 Å². The highest BCUT2D eigenvalue weighted by Gasteiger charge is 2.08. The largest absolute Gasteiger partial charge is 0.495 e. The Balaban J connectivity index is 1.96. The van der Waals surface area contributed by atoms with E-state index in [1.807, 2.05) is 0 Å². The number of halogens is 1. The number of nitrogen functional groups attached to an aromatic ring is 1. The van der Waals surface area contributed by atoms with E-state index in [1.165, 1.54) is 13.3 Å². The zero-order valence-electron chi connectivity index (χ0n) is 11.0. The fourth-order valence-electron chi connectivity index (χ4n) is 1.71. The summed E-state index contributed by atoms with van der Waals surface area (Å²) in [5.74, 6) is 0.412. The number of amides is 1. The minimum Gasteiger partial charge on any atom is -0.495 e. The van der Waals surface area contributed by atoms with E-state index in [9.17, 15) is 4.79 Å². The topological polar surface area (TPSA) is 82.2 Å². The van der Waals surface area contributed by atoms with Gasteiger partial charge < -0.3 is 15.8 Å². The number of carbonyl (C=O) groups is 1. The fourth-order valence-corrected chi connectivity index (χ4v) is 1.87. The van der Waals surface area contributed by atoms with Crippen LogP contribution >= 0.6 is 11.6 Å². The van der Waals surface area contributed by atoms with E-state index >= 15 is 0 Å². The predicted molar refractivity (Wildman–Crippen MR) is 77.9 cm³/mol. The van der Waals surface area contributed by atoms with Crippen molar-refractivity contribution in [3.8, 4) is 5.75 Å². The number of nitrogens with two attached hydrogens (primary N) is 1. The highest BCUT2D eigenvalue weighted by atomic mass is 35.5. The molecule has 0 saturated carbocycles. The van der Waals surface area contributed by atoms with Crippen molar-refractivity contribution >= 4 is 28.9 Å². The minimum atomic E-state index is -0.152. The lowest BCUT2D eigenvalue weighted by molar-refractivity contribution is -0.116. The van der Waals surface area contributed by atoms with Crippen LogP contribution in [0.25, 0.3) is 0 Å². The van der Waals surface area contributed by atoms with Crippen molar-refractivity contribution in [3.05, 3.63) is 35.6 Å². The number of anilines is 2. The fraction of sp³-hybridized carbons (Fsp3) is 0.231. The molecule has 7 heteroatoms. The third-order valence-electron chi connectivity index (χ3n) is 2.67. The highest BCUT2D eigenvalue weighted by Crippen LogP contribution is 2.26. The van der Waals surface area contributed by atoms with Crippen LogP contribution < -0.4 is 15.8 Å². The normalized spacial score (nSPS) is 10.3. The van der Waals surface area contributed by atoms with Crippen LogP contribution in [0.2, 0.25) is 5.02 Å². The molecule has 1 aromatic heterocycles. The van der Waals surface area contributed by atoms with Crippen molar-refractivity contribution in [1.29, 1.82) is 0 Å². The molecule has 0 spiro atoms. The van der Waals surface area contributed by atoms with Crippen molar-refractivity contribution in [3.63, 3.8) is 0 Å². The maximum Gasteiger partial charge on any atom is 0.226 e. The van der Waals surface area contributed by atoms with Gasteiger partial charge in [0.05, 0.1) is 24.0 Å². The van der Waals surface area contributed by atoms with Crippen molar-refractivity contribution in [2.45, 2.75) is 13.0 Å². The Kier molecular flexibility index (Phi) is 4.47. The monoisotopic (exact) mass is 294 g/mol. The van der Waals surface area contributed by atoms with Crippen LogP contribution in [0.5, 0.6) is 5.75 Å². The van der Waals surface area contributed by atoms with Crippen LogP contribution in [0.15, 0.2) is 30.6 Å². The molecule has 0 atom stereocenters. The van der Waals surface area contributed by atoms with Gasteiger partial charge in [0.15, 0.2) is 0 Å². The number of rotatable bonds is 5. The molecule has 0 aliphatic rings. The van der Waals surface area contributed by atoms with Crippen LogP contribution in [0.3, 0.4) is 0 Å². The zero-order valence-corrected chi connectivity index (χ0v) is 11.7. The Morgan fingerprint density at radius 3 is 3.00 bits per heavy atom. The first kappa shape index (κ1) is 14.2. The van der Waals surface area contributed by atoms with Crippen LogP contribution in [-0.2, 0) is 11.3 Å². The number of hydrogen-bond donors (Lipinski definition) is 2. The summed E-state index contributed by atoms with van der Waals surface area (Å²) in [6.07, 6.45) is 3.46. The molecular weight excluding hydrogens is 280 g/mol. The summed E-state index contributed by atoms with van der Waals surface area (Å²) in [6.45, 7) is 0.448. The van der Waals surface area contributed by atoms with E-state index in [1.54, 1.807) is 29.1 Å². The maximum absolute atomic E-state index is 11.9. The molecule has 0 unspecified atom stereocenters. The molecule has 106 valence electrons. The first-order valence-electron chi connectivity index (χ1n) is 6.00. The summed E-state index contributed by atoms with van der Waals surface area (Å²) < 4.78 is 6.77. The average Bonchev–Trinajstić information content (AvgIpc) is 2.83. The number of hydrogen-bond acceptors (Lipinski definition) is 4. The van der Waals surface area contributed by atoms with Gasteiger partial charge in [0.1, 0.15) is 5.75 Å². The van der Waals surface area contributed by atoms with Gasteiger partial charge in [-0.25, -0.2) is 0 Å². The number of methoxy groups -OCH3 is 1. The first-order valence-corrected chi connectivity index (χ1v) is 6.37. The lowest BCUT2D eigenvalue weighted by Crippen LogP contribution is -2.15. The first-order chi connectivity index (χ1) is 9.58. The van der Waals surface area contributed by atoms with Gasteiger partial charge in [0.25, 0.3) is 0 Å². The lowest BCUT2D eigenvalue weighted by Gasteiger charge is -2.10. The maximum atomic E-state index is 11.9. The summed E-state index contributed by atoms with van der Waals surface area (Å²) >= 11 is 5.75. The molecule has 2 rings (SSSR count). The molecule has 0 fully saturated rings. The molecule has 0 bridgehead atoms. The van der Waals surface area contributed by atoms with Gasteiger partial charge in [-0.3, -0.25) is 9.48 Å². The smallest absolute Gasteiger partial charge is 0.226 e. The summed E-state index contributed by atoms with van der Waals surface area (Å²) in [5, 5.41) is 7.31. The quantitative estimate of drug-likeness (QED) is 0.828. The molecular formula is C13H15ClN4O2. The Morgan fingerprint density at radius 2 is 2.35 bits per heavy atom. The van der Waals surface area contributed by atoms with Crippen molar-refractivity contribution in [2.75, 3.05) is 18.2 Å². The molecule has 2 aromatic rings. The Morgan fingerprint density at radius 1 is 1.55 bits per heavy atom. The molecule has 6 nitrogen and oxygen atoms in total. The van der Waals surface area contributed by atoms with E-state index in [0.29, 0.717) is 28.7 Å². The summed E-state index contributed by atoms with van der Waals surface area (Å²) in [6, 6.07) is 5.07. The van der Waals surface area contributed by atoms with E-state index < -0.39 is 0 Å².